The maximum atomic E-state index is 4.70. The van der Waals surface area contributed by atoms with Crippen molar-refractivity contribution >= 4 is 34.1 Å². The molecule has 6 aromatic carbocycles. The van der Waals surface area contributed by atoms with Crippen LogP contribution in [0.4, 0.5) is 34.1 Å². The predicted molar refractivity (Wildman–Crippen MR) is 223 cm³/mol. The highest BCUT2D eigenvalue weighted by molar-refractivity contribution is 5.96. The van der Waals surface area contributed by atoms with Crippen LogP contribution in [0.25, 0.3) is 33.9 Å². The maximum Gasteiger partial charge on any atom is 0.163 e. The van der Waals surface area contributed by atoms with Crippen LogP contribution in [0.3, 0.4) is 0 Å². The second-order valence-corrected chi connectivity index (χ2v) is 15.4. The maximum absolute atomic E-state index is 4.70. The summed E-state index contributed by atoms with van der Waals surface area (Å²) in [5, 5.41) is 0. The van der Waals surface area contributed by atoms with Gasteiger partial charge < -0.3 is 9.80 Å². The minimum Gasteiger partial charge on any atom is -0.310 e. The molecule has 8 heteroatoms. The topological polar surface area (TPSA) is 83.8 Å². The minimum absolute atomic E-state index is 0.174. The first-order valence-corrected chi connectivity index (χ1v) is 18.8. The van der Waals surface area contributed by atoms with Crippen molar-refractivity contribution in [2.75, 3.05) is 9.80 Å². The number of nitrogens with zero attached hydrogens (tertiary/aromatic N) is 8. The average Bonchev–Trinajstić information content (AvgIpc) is 3.25. The van der Waals surface area contributed by atoms with E-state index in [4.69, 9.17) is 19.9 Å². The fourth-order valence-corrected chi connectivity index (χ4v) is 8.83. The fraction of sp³-hybridized carbons (Fsp3) is 0.125. The Kier molecular flexibility index (Phi) is 7.64. The monoisotopic (exact) mass is 726 g/mol. The zero-order chi connectivity index (χ0) is 38.0. The third kappa shape index (κ3) is 5.13. The van der Waals surface area contributed by atoms with Crippen molar-refractivity contribution in [3.05, 3.63) is 181 Å². The Morgan fingerprint density at radius 1 is 0.357 bits per heavy atom. The van der Waals surface area contributed by atoms with Crippen LogP contribution < -0.4 is 9.80 Å². The molecule has 56 heavy (non-hydrogen) atoms. The molecule has 0 radical (unpaired) electrons. The van der Waals surface area contributed by atoms with E-state index in [1.807, 2.05) is 0 Å². The molecule has 0 amide bonds. The van der Waals surface area contributed by atoms with Crippen LogP contribution in [0.2, 0.25) is 0 Å². The Morgan fingerprint density at radius 2 is 0.661 bits per heavy atom. The van der Waals surface area contributed by atoms with Crippen molar-refractivity contribution < 1.29 is 0 Å². The summed E-state index contributed by atoms with van der Waals surface area (Å²) in [6.07, 6.45) is 6.20. The molecule has 2 aromatic heterocycles. The molecular formula is C48H38N8. The van der Waals surface area contributed by atoms with Gasteiger partial charge in [-0.05, 0) is 81.9 Å². The van der Waals surface area contributed by atoms with Crippen molar-refractivity contribution in [2.24, 2.45) is 0 Å². The van der Waals surface area contributed by atoms with E-state index in [1.54, 1.807) is 25.3 Å². The summed E-state index contributed by atoms with van der Waals surface area (Å²) >= 11 is 0. The minimum atomic E-state index is -0.174. The Balaban J connectivity index is 1.19. The van der Waals surface area contributed by atoms with E-state index in [0.29, 0.717) is 11.6 Å². The predicted octanol–water partition coefficient (Wildman–Crippen LogP) is 11.3. The highest BCUT2D eigenvalue weighted by atomic mass is 15.2. The van der Waals surface area contributed by atoms with E-state index in [0.717, 1.165) is 56.4 Å². The summed E-state index contributed by atoms with van der Waals surface area (Å²) in [6.45, 7) is 9.21. The molecule has 10 rings (SSSR count). The number of rotatable bonds is 5. The number of hydrogen-bond acceptors (Lipinski definition) is 8. The normalized spacial score (nSPS) is 14.6. The standard InChI is InChI=1S/C48H38N8/c1-47(2)37-13-5-9-17-41(37)55(42-18-10-6-14-38(42)47)31-21-23-33(35(25-31)45-51-27-49-28-52-45)34-24-22-32(26-36(34)46-53-29-50-30-54-46)56-43-19-11-7-15-39(43)48(3,4)40-16-8-12-20-44(40)56/h5-30H,1-4H3. The van der Waals surface area contributed by atoms with Crippen molar-refractivity contribution in [3.8, 4) is 33.9 Å². The quantitative estimate of drug-likeness (QED) is 0.173. The molecule has 0 atom stereocenters. The lowest BCUT2D eigenvalue weighted by Gasteiger charge is -2.42. The van der Waals surface area contributed by atoms with Gasteiger partial charge >= 0.3 is 0 Å². The molecule has 0 spiro atoms. The fourth-order valence-electron chi connectivity index (χ4n) is 8.83. The van der Waals surface area contributed by atoms with Gasteiger partial charge in [0.15, 0.2) is 11.6 Å². The molecule has 8 aromatic rings. The van der Waals surface area contributed by atoms with Crippen LogP contribution in [0, 0.1) is 0 Å². The molecule has 0 N–H and O–H groups in total. The molecule has 2 aliphatic heterocycles. The summed E-state index contributed by atoms with van der Waals surface area (Å²) in [7, 11) is 0. The van der Waals surface area contributed by atoms with Gasteiger partial charge in [-0.3, -0.25) is 0 Å². The van der Waals surface area contributed by atoms with Crippen LogP contribution in [0.15, 0.2) is 159 Å². The first-order valence-electron chi connectivity index (χ1n) is 18.8. The number of fused-ring (bicyclic) bond motifs is 4. The molecule has 0 aliphatic carbocycles. The summed E-state index contributed by atoms with van der Waals surface area (Å²) in [6, 6.07) is 47.8. The van der Waals surface area contributed by atoms with Gasteiger partial charge in [-0.1, -0.05) is 113 Å². The van der Waals surface area contributed by atoms with Gasteiger partial charge in [0.2, 0.25) is 0 Å². The van der Waals surface area contributed by atoms with Gasteiger partial charge in [0.05, 0.1) is 22.7 Å². The lowest BCUT2D eigenvalue weighted by Crippen LogP contribution is -2.30. The number of anilines is 6. The van der Waals surface area contributed by atoms with Crippen LogP contribution in [0.1, 0.15) is 49.9 Å². The van der Waals surface area contributed by atoms with Crippen molar-refractivity contribution in [3.63, 3.8) is 0 Å². The largest absolute Gasteiger partial charge is 0.310 e. The average molecular weight is 727 g/mol. The van der Waals surface area contributed by atoms with Crippen molar-refractivity contribution in [2.45, 2.75) is 38.5 Å². The molecule has 0 saturated heterocycles. The second kappa shape index (κ2) is 12.8. The third-order valence-electron chi connectivity index (χ3n) is 11.6. The molecule has 0 bridgehead atoms. The van der Waals surface area contributed by atoms with E-state index < -0.39 is 0 Å². The Morgan fingerprint density at radius 3 is 0.982 bits per heavy atom. The Hall–Kier alpha value is -7.06. The summed E-state index contributed by atoms with van der Waals surface area (Å²) in [5.74, 6) is 1.14. The van der Waals surface area contributed by atoms with Gasteiger partial charge in [-0.15, -0.1) is 0 Å². The van der Waals surface area contributed by atoms with Gasteiger partial charge in [-0.25, -0.2) is 29.9 Å². The Labute approximate surface area is 326 Å². The van der Waals surface area contributed by atoms with Crippen LogP contribution in [-0.2, 0) is 10.8 Å². The summed E-state index contributed by atoms with van der Waals surface area (Å²) in [4.78, 5) is 31.9. The third-order valence-corrected chi connectivity index (χ3v) is 11.6. The summed E-state index contributed by atoms with van der Waals surface area (Å²) in [5.41, 5.74) is 14.9. The molecule has 270 valence electrons. The van der Waals surface area contributed by atoms with Gasteiger partial charge in [0.25, 0.3) is 0 Å². The lowest BCUT2D eigenvalue weighted by atomic mass is 9.73. The molecule has 4 heterocycles. The number of para-hydroxylation sites is 4. The second-order valence-electron chi connectivity index (χ2n) is 15.4. The zero-order valence-corrected chi connectivity index (χ0v) is 31.6. The number of benzene rings is 6. The lowest BCUT2D eigenvalue weighted by molar-refractivity contribution is 0.632. The van der Waals surface area contributed by atoms with Crippen LogP contribution >= 0.6 is 0 Å². The molecule has 2 aliphatic rings. The van der Waals surface area contributed by atoms with Crippen molar-refractivity contribution in [1.29, 1.82) is 0 Å². The van der Waals surface area contributed by atoms with E-state index in [2.05, 4.69) is 181 Å². The van der Waals surface area contributed by atoms with E-state index >= 15 is 0 Å². The zero-order valence-electron chi connectivity index (χ0n) is 31.6. The molecule has 0 unspecified atom stereocenters. The van der Waals surface area contributed by atoms with Gasteiger partial charge in [0, 0.05) is 33.3 Å². The smallest absolute Gasteiger partial charge is 0.163 e. The first-order chi connectivity index (χ1) is 27.3. The molecular weight excluding hydrogens is 689 g/mol. The highest BCUT2D eigenvalue weighted by Gasteiger charge is 2.38. The van der Waals surface area contributed by atoms with Gasteiger partial charge in [-0.2, -0.15) is 0 Å². The molecule has 0 saturated carbocycles. The first kappa shape index (κ1) is 33.5. The van der Waals surface area contributed by atoms with Crippen LogP contribution in [0.5, 0.6) is 0 Å². The van der Waals surface area contributed by atoms with E-state index in [1.165, 1.54) is 22.3 Å². The van der Waals surface area contributed by atoms with Crippen molar-refractivity contribution in [1.82, 2.24) is 29.9 Å². The highest BCUT2D eigenvalue weighted by Crippen LogP contribution is 2.54. The molecule has 8 nitrogen and oxygen atoms in total. The SMILES string of the molecule is CC1(C)c2ccccc2N(c2ccc(-c3ccc(N4c5ccccc5C(C)(C)c5ccccc54)cc3-c3ncncn3)c(-c3ncncn3)c2)c2ccccc21. The van der Waals surface area contributed by atoms with E-state index in [9.17, 15) is 0 Å². The van der Waals surface area contributed by atoms with Gasteiger partial charge in [0.1, 0.15) is 25.3 Å². The number of hydrogen-bond donors (Lipinski definition) is 0. The van der Waals surface area contributed by atoms with E-state index in [-0.39, 0.29) is 10.8 Å². The molecule has 0 fully saturated rings. The number of aromatic nitrogens is 6. The Bertz CT molecular complexity index is 2490. The van der Waals surface area contributed by atoms with Crippen LogP contribution in [-0.4, -0.2) is 29.9 Å². The summed E-state index contributed by atoms with van der Waals surface area (Å²) < 4.78 is 0.